The molecule has 0 amide bonds. The molecule has 1 aliphatic carbocycles. The third kappa shape index (κ3) is 1.88. The van der Waals surface area contributed by atoms with Crippen molar-refractivity contribution in [1.29, 1.82) is 0 Å². The summed E-state index contributed by atoms with van der Waals surface area (Å²) >= 11 is 5.85. The first-order chi connectivity index (χ1) is 6.27. The highest BCUT2D eigenvalue weighted by atomic mass is 35.5. The molecule has 0 saturated heterocycles. The second-order valence-corrected chi connectivity index (χ2v) is 4.50. The van der Waals surface area contributed by atoms with Crippen LogP contribution in [0.5, 0.6) is 0 Å². The molecule has 2 unspecified atom stereocenters. The van der Waals surface area contributed by atoms with Crippen LogP contribution in [0.15, 0.2) is 24.3 Å². The first-order valence-electron chi connectivity index (χ1n) is 5.03. The fourth-order valence-corrected chi connectivity index (χ4v) is 2.48. The Hall–Kier alpha value is -0.490. The van der Waals surface area contributed by atoms with Gasteiger partial charge >= 0.3 is 0 Å². The fraction of sp³-hybridized carbons (Fsp3) is 0.500. The minimum atomic E-state index is 0.775. The average Bonchev–Trinajstić information content (AvgIpc) is 2.53. The minimum Gasteiger partial charge on any atom is -0.0843 e. The van der Waals surface area contributed by atoms with Gasteiger partial charge in [0.05, 0.1) is 0 Å². The molecule has 0 radical (unpaired) electrons. The number of hydrogen-bond acceptors (Lipinski definition) is 0. The molecule has 1 aromatic rings. The molecule has 0 aromatic heterocycles. The molecule has 1 heteroatoms. The van der Waals surface area contributed by atoms with Crippen LogP contribution in [-0.2, 0) is 0 Å². The van der Waals surface area contributed by atoms with Crippen LogP contribution in [0.2, 0.25) is 5.02 Å². The van der Waals surface area contributed by atoms with Gasteiger partial charge in [-0.3, -0.25) is 0 Å². The summed E-state index contributed by atoms with van der Waals surface area (Å²) in [7, 11) is 0. The van der Waals surface area contributed by atoms with Gasteiger partial charge in [0.25, 0.3) is 0 Å². The second kappa shape index (κ2) is 3.71. The van der Waals surface area contributed by atoms with E-state index >= 15 is 0 Å². The second-order valence-electron chi connectivity index (χ2n) is 4.07. The highest BCUT2D eigenvalue weighted by Gasteiger charge is 2.24. The van der Waals surface area contributed by atoms with Gasteiger partial charge in [-0.05, 0) is 36.0 Å². The fourth-order valence-electron chi connectivity index (χ4n) is 2.35. The predicted molar refractivity (Wildman–Crippen MR) is 57.2 cm³/mol. The predicted octanol–water partition coefficient (Wildman–Crippen LogP) is 4.24. The largest absolute Gasteiger partial charge is 0.0843 e. The lowest BCUT2D eigenvalue weighted by Crippen LogP contribution is -2.01. The van der Waals surface area contributed by atoms with E-state index in [-0.39, 0.29) is 0 Å². The quantitative estimate of drug-likeness (QED) is 0.627. The van der Waals surface area contributed by atoms with Gasteiger partial charge in [-0.2, -0.15) is 0 Å². The van der Waals surface area contributed by atoms with E-state index in [1.54, 1.807) is 0 Å². The van der Waals surface area contributed by atoms with Crippen molar-refractivity contribution in [3.05, 3.63) is 34.9 Å². The van der Waals surface area contributed by atoms with E-state index in [1.165, 1.54) is 24.8 Å². The number of benzene rings is 1. The molecule has 1 aliphatic rings. The van der Waals surface area contributed by atoms with Gasteiger partial charge in [-0.25, -0.2) is 0 Å². The third-order valence-electron chi connectivity index (χ3n) is 3.16. The van der Waals surface area contributed by atoms with Crippen LogP contribution in [0, 0.1) is 5.92 Å². The summed E-state index contributed by atoms with van der Waals surface area (Å²) in [4.78, 5) is 0. The Labute approximate surface area is 84.9 Å². The third-order valence-corrected chi connectivity index (χ3v) is 3.41. The average molecular weight is 195 g/mol. The molecule has 0 bridgehead atoms. The highest BCUT2D eigenvalue weighted by molar-refractivity contribution is 6.30. The molecule has 0 aliphatic heterocycles. The first-order valence-corrected chi connectivity index (χ1v) is 5.40. The van der Waals surface area contributed by atoms with Crippen molar-refractivity contribution in [1.82, 2.24) is 0 Å². The standard InChI is InChI=1S/C12H15Cl/c1-9-3-2-4-12(9)10-5-7-11(13)8-6-10/h5-9,12H,2-4H2,1H3. The SMILES string of the molecule is CC1CCCC1c1ccc(Cl)cc1. The van der Waals surface area contributed by atoms with Crippen molar-refractivity contribution in [2.24, 2.45) is 5.92 Å². The molecule has 0 N–H and O–H groups in total. The monoisotopic (exact) mass is 194 g/mol. The first kappa shape index (κ1) is 9.08. The van der Waals surface area contributed by atoms with E-state index < -0.39 is 0 Å². The molecule has 0 heterocycles. The van der Waals surface area contributed by atoms with Crippen LogP contribution in [-0.4, -0.2) is 0 Å². The van der Waals surface area contributed by atoms with Crippen LogP contribution in [0.4, 0.5) is 0 Å². The van der Waals surface area contributed by atoms with Crippen molar-refractivity contribution >= 4 is 11.6 Å². The lowest BCUT2D eigenvalue weighted by molar-refractivity contribution is 0.533. The van der Waals surface area contributed by atoms with Gasteiger partial charge in [0.15, 0.2) is 0 Å². The Bertz CT molecular complexity index is 276. The molecule has 2 rings (SSSR count). The molecule has 0 spiro atoms. The molecule has 13 heavy (non-hydrogen) atoms. The number of hydrogen-bond donors (Lipinski definition) is 0. The van der Waals surface area contributed by atoms with Crippen LogP contribution in [0.25, 0.3) is 0 Å². The van der Waals surface area contributed by atoms with Crippen molar-refractivity contribution in [3.8, 4) is 0 Å². The zero-order valence-corrected chi connectivity index (χ0v) is 8.72. The van der Waals surface area contributed by atoms with Crippen LogP contribution in [0.3, 0.4) is 0 Å². The number of halogens is 1. The Morgan fingerprint density at radius 1 is 1.15 bits per heavy atom. The molecule has 70 valence electrons. The van der Waals surface area contributed by atoms with Crippen LogP contribution in [0.1, 0.15) is 37.7 Å². The maximum absolute atomic E-state index is 5.85. The zero-order chi connectivity index (χ0) is 9.26. The van der Waals surface area contributed by atoms with E-state index in [1.807, 2.05) is 12.1 Å². The molecule has 1 fully saturated rings. The van der Waals surface area contributed by atoms with E-state index in [0.717, 1.165) is 16.9 Å². The van der Waals surface area contributed by atoms with Crippen molar-refractivity contribution in [2.45, 2.75) is 32.1 Å². The van der Waals surface area contributed by atoms with Gasteiger partial charge in [0, 0.05) is 5.02 Å². The van der Waals surface area contributed by atoms with E-state index in [9.17, 15) is 0 Å². The Balaban J connectivity index is 2.20. The lowest BCUT2D eigenvalue weighted by Gasteiger charge is -2.15. The molecule has 1 aromatic carbocycles. The van der Waals surface area contributed by atoms with E-state index in [0.29, 0.717) is 0 Å². The van der Waals surface area contributed by atoms with Gasteiger partial charge in [-0.1, -0.05) is 43.5 Å². The molecule has 1 saturated carbocycles. The maximum atomic E-state index is 5.85. The summed E-state index contributed by atoms with van der Waals surface area (Å²) in [5.41, 5.74) is 1.47. The van der Waals surface area contributed by atoms with Crippen molar-refractivity contribution in [2.75, 3.05) is 0 Å². The van der Waals surface area contributed by atoms with Crippen molar-refractivity contribution in [3.63, 3.8) is 0 Å². The van der Waals surface area contributed by atoms with Crippen molar-refractivity contribution < 1.29 is 0 Å². The smallest absolute Gasteiger partial charge is 0.0406 e. The lowest BCUT2D eigenvalue weighted by atomic mass is 9.90. The summed E-state index contributed by atoms with van der Waals surface area (Å²) < 4.78 is 0. The van der Waals surface area contributed by atoms with Crippen LogP contribution < -0.4 is 0 Å². The summed E-state index contributed by atoms with van der Waals surface area (Å²) in [6.07, 6.45) is 4.12. The maximum Gasteiger partial charge on any atom is 0.0406 e. The molecular weight excluding hydrogens is 180 g/mol. The van der Waals surface area contributed by atoms with E-state index in [4.69, 9.17) is 11.6 Å². The van der Waals surface area contributed by atoms with Gasteiger partial charge in [0.2, 0.25) is 0 Å². The summed E-state index contributed by atoms with van der Waals surface area (Å²) in [6.45, 7) is 2.35. The Morgan fingerprint density at radius 2 is 1.85 bits per heavy atom. The minimum absolute atomic E-state index is 0.775. The van der Waals surface area contributed by atoms with Gasteiger partial charge in [0.1, 0.15) is 0 Å². The normalized spacial score (nSPS) is 27.8. The summed E-state index contributed by atoms with van der Waals surface area (Å²) in [5.74, 6) is 1.62. The summed E-state index contributed by atoms with van der Waals surface area (Å²) in [5, 5.41) is 0.842. The molecule has 2 atom stereocenters. The van der Waals surface area contributed by atoms with Gasteiger partial charge < -0.3 is 0 Å². The number of rotatable bonds is 1. The van der Waals surface area contributed by atoms with Crippen LogP contribution >= 0.6 is 11.6 Å². The summed E-state index contributed by atoms with van der Waals surface area (Å²) in [6, 6.07) is 8.35. The van der Waals surface area contributed by atoms with E-state index in [2.05, 4.69) is 19.1 Å². The highest BCUT2D eigenvalue weighted by Crippen LogP contribution is 2.39. The Kier molecular flexibility index (Phi) is 2.59. The molecular formula is C12H15Cl. The van der Waals surface area contributed by atoms with Gasteiger partial charge in [-0.15, -0.1) is 0 Å². The Morgan fingerprint density at radius 3 is 2.38 bits per heavy atom. The molecule has 0 nitrogen and oxygen atoms in total. The zero-order valence-electron chi connectivity index (χ0n) is 7.96. The topological polar surface area (TPSA) is 0 Å².